The number of aromatic nitrogens is 2. The fourth-order valence-electron chi connectivity index (χ4n) is 3.28. The second-order valence-electron chi connectivity index (χ2n) is 5.96. The van der Waals surface area contributed by atoms with Crippen molar-refractivity contribution in [1.29, 1.82) is 0 Å². The van der Waals surface area contributed by atoms with Crippen molar-refractivity contribution in [1.82, 2.24) is 15.1 Å². The van der Waals surface area contributed by atoms with Gasteiger partial charge < -0.3 is 5.32 Å². The summed E-state index contributed by atoms with van der Waals surface area (Å²) in [7, 11) is 2.06. The molecular weight excluding hydrogens is 246 g/mol. The van der Waals surface area contributed by atoms with E-state index in [9.17, 15) is 0 Å². The first kappa shape index (κ1) is 13.4. The van der Waals surface area contributed by atoms with Gasteiger partial charge in [-0.05, 0) is 37.8 Å². The van der Waals surface area contributed by atoms with Crippen LogP contribution in [0.4, 0.5) is 0 Å². The zero-order chi connectivity index (χ0) is 13.9. The minimum Gasteiger partial charge on any atom is -0.315 e. The van der Waals surface area contributed by atoms with Crippen LogP contribution >= 0.6 is 0 Å². The van der Waals surface area contributed by atoms with Gasteiger partial charge in [0.1, 0.15) is 0 Å². The molecule has 3 nitrogen and oxygen atoms in total. The fourth-order valence-corrected chi connectivity index (χ4v) is 3.28. The lowest BCUT2D eigenvalue weighted by molar-refractivity contribution is 0.210. The second kappa shape index (κ2) is 5.80. The Kier molecular flexibility index (Phi) is 3.88. The van der Waals surface area contributed by atoms with Gasteiger partial charge in [0.15, 0.2) is 0 Å². The molecule has 0 bridgehead atoms. The van der Waals surface area contributed by atoms with Crippen molar-refractivity contribution in [2.75, 3.05) is 7.05 Å². The molecule has 1 aliphatic rings. The maximum absolute atomic E-state index is 4.63. The van der Waals surface area contributed by atoms with Gasteiger partial charge in [0.25, 0.3) is 0 Å². The molecule has 0 saturated heterocycles. The van der Waals surface area contributed by atoms with Crippen LogP contribution in [0, 0.1) is 5.92 Å². The summed E-state index contributed by atoms with van der Waals surface area (Å²) in [5.74, 6) is 0.786. The van der Waals surface area contributed by atoms with Crippen molar-refractivity contribution in [3.63, 3.8) is 0 Å². The van der Waals surface area contributed by atoms with Gasteiger partial charge in [-0.1, -0.05) is 37.3 Å². The lowest BCUT2D eigenvalue weighted by Crippen LogP contribution is -2.39. The minimum atomic E-state index is 0.473. The summed E-state index contributed by atoms with van der Waals surface area (Å²) >= 11 is 0. The summed E-state index contributed by atoms with van der Waals surface area (Å²) in [6, 6.07) is 11.5. The van der Waals surface area contributed by atoms with E-state index in [4.69, 9.17) is 0 Å². The van der Waals surface area contributed by atoms with Crippen LogP contribution in [-0.2, 0) is 0 Å². The zero-order valence-electron chi connectivity index (χ0n) is 12.3. The van der Waals surface area contributed by atoms with Gasteiger partial charge in [0.05, 0.1) is 12.2 Å². The lowest BCUT2D eigenvalue weighted by Gasteiger charge is -2.34. The minimum absolute atomic E-state index is 0.473. The van der Waals surface area contributed by atoms with E-state index in [2.05, 4.69) is 59.5 Å². The summed E-state index contributed by atoms with van der Waals surface area (Å²) in [6.45, 7) is 2.35. The number of likely N-dealkylation sites (N-methyl/N-ethyl adjacent to an activating group) is 1. The van der Waals surface area contributed by atoms with Gasteiger partial charge >= 0.3 is 0 Å². The summed E-state index contributed by atoms with van der Waals surface area (Å²) in [4.78, 5) is 0. The van der Waals surface area contributed by atoms with Crippen LogP contribution in [0.5, 0.6) is 0 Å². The van der Waals surface area contributed by atoms with E-state index in [0.29, 0.717) is 12.1 Å². The van der Waals surface area contributed by atoms with E-state index in [0.717, 1.165) is 5.92 Å². The Morgan fingerprint density at radius 1 is 1.15 bits per heavy atom. The van der Waals surface area contributed by atoms with Gasteiger partial charge in [-0.25, -0.2) is 0 Å². The van der Waals surface area contributed by atoms with E-state index in [1.807, 2.05) is 12.3 Å². The molecular formula is C17H23N3. The van der Waals surface area contributed by atoms with Crippen LogP contribution in [0.2, 0.25) is 0 Å². The third-order valence-corrected chi connectivity index (χ3v) is 4.50. The molecule has 1 heterocycles. The molecule has 1 saturated carbocycles. The molecule has 3 atom stereocenters. The normalized spacial score (nSPS) is 26.6. The third kappa shape index (κ3) is 2.63. The van der Waals surface area contributed by atoms with E-state index in [1.165, 1.54) is 30.4 Å². The molecule has 3 unspecified atom stereocenters. The molecule has 1 aliphatic carbocycles. The monoisotopic (exact) mass is 269 g/mol. The lowest BCUT2D eigenvalue weighted by atomic mass is 9.83. The Labute approximate surface area is 121 Å². The SMILES string of the molecule is CNC1CCC(C)CC1n1cc(-c2ccccc2)cn1. The standard InChI is InChI=1S/C17H23N3/c1-13-8-9-16(18-2)17(10-13)20-12-15(11-19-20)14-6-4-3-5-7-14/h3-7,11-13,16-18H,8-10H2,1-2H3. The van der Waals surface area contributed by atoms with E-state index >= 15 is 0 Å². The van der Waals surface area contributed by atoms with Crippen molar-refractivity contribution < 1.29 is 0 Å². The van der Waals surface area contributed by atoms with Crippen LogP contribution in [0.1, 0.15) is 32.2 Å². The summed E-state index contributed by atoms with van der Waals surface area (Å²) in [5.41, 5.74) is 2.45. The highest BCUT2D eigenvalue weighted by Gasteiger charge is 2.29. The number of hydrogen-bond acceptors (Lipinski definition) is 2. The van der Waals surface area contributed by atoms with Gasteiger partial charge in [-0.3, -0.25) is 4.68 Å². The van der Waals surface area contributed by atoms with E-state index in [1.54, 1.807) is 0 Å². The number of benzene rings is 1. The predicted molar refractivity (Wildman–Crippen MR) is 82.6 cm³/mol. The van der Waals surface area contributed by atoms with Crippen LogP contribution in [0.15, 0.2) is 42.7 Å². The Morgan fingerprint density at radius 2 is 1.95 bits per heavy atom. The first-order chi connectivity index (χ1) is 9.78. The van der Waals surface area contributed by atoms with Crippen LogP contribution in [0.25, 0.3) is 11.1 Å². The average Bonchev–Trinajstić information content (AvgIpc) is 2.98. The fraction of sp³-hybridized carbons (Fsp3) is 0.471. The third-order valence-electron chi connectivity index (χ3n) is 4.50. The number of rotatable bonds is 3. The largest absolute Gasteiger partial charge is 0.315 e. The Morgan fingerprint density at radius 3 is 2.70 bits per heavy atom. The first-order valence-electron chi connectivity index (χ1n) is 7.54. The van der Waals surface area contributed by atoms with Crippen LogP contribution in [0.3, 0.4) is 0 Å². The number of hydrogen-bond donors (Lipinski definition) is 1. The molecule has 3 rings (SSSR count). The number of nitrogens with zero attached hydrogens (tertiary/aromatic N) is 2. The maximum Gasteiger partial charge on any atom is 0.0674 e. The Hall–Kier alpha value is -1.61. The molecule has 1 aromatic heterocycles. The van der Waals surface area contributed by atoms with Crippen molar-refractivity contribution in [2.24, 2.45) is 5.92 Å². The molecule has 3 heteroatoms. The predicted octanol–water partition coefficient (Wildman–Crippen LogP) is 3.50. The van der Waals surface area contributed by atoms with Crippen molar-refractivity contribution >= 4 is 0 Å². The molecule has 0 radical (unpaired) electrons. The average molecular weight is 269 g/mol. The molecule has 0 spiro atoms. The first-order valence-corrected chi connectivity index (χ1v) is 7.54. The molecule has 106 valence electrons. The molecule has 20 heavy (non-hydrogen) atoms. The molecule has 1 N–H and O–H groups in total. The van der Waals surface area contributed by atoms with Gasteiger partial charge in [0, 0.05) is 17.8 Å². The highest BCUT2D eigenvalue weighted by molar-refractivity contribution is 5.61. The van der Waals surface area contributed by atoms with E-state index < -0.39 is 0 Å². The molecule has 0 amide bonds. The summed E-state index contributed by atoms with van der Waals surface area (Å²) in [6.07, 6.45) is 7.95. The summed E-state index contributed by atoms with van der Waals surface area (Å²) < 4.78 is 2.17. The van der Waals surface area contributed by atoms with Crippen LogP contribution < -0.4 is 5.32 Å². The summed E-state index contributed by atoms with van der Waals surface area (Å²) in [5, 5.41) is 8.09. The molecule has 2 aromatic rings. The highest BCUT2D eigenvalue weighted by Crippen LogP contribution is 2.33. The quantitative estimate of drug-likeness (QED) is 0.924. The molecule has 1 aromatic carbocycles. The Balaban J connectivity index is 1.85. The topological polar surface area (TPSA) is 29.9 Å². The van der Waals surface area contributed by atoms with E-state index in [-0.39, 0.29) is 0 Å². The Bertz CT molecular complexity index is 546. The highest BCUT2D eigenvalue weighted by atomic mass is 15.3. The van der Waals surface area contributed by atoms with Gasteiger partial charge in [0.2, 0.25) is 0 Å². The van der Waals surface area contributed by atoms with Gasteiger partial charge in [-0.2, -0.15) is 5.10 Å². The van der Waals surface area contributed by atoms with Crippen LogP contribution in [-0.4, -0.2) is 22.9 Å². The molecule has 1 fully saturated rings. The van der Waals surface area contributed by atoms with Gasteiger partial charge in [-0.15, -0.1) is 0 Å². The second-order valence-corrected chi connectivity index (χ2v) is 5.96. The van der Waals surface area contributed by atoms with Crippen molar-refractivity contribution in [3.05, 3.63) is 42.7 Å². The molecule has 0 aliphatic heterocycles. The zero-order valence-corrected chi connectivity index (χ0v) is 12.3. The van der Waals surface area contributed by atoms with Crippen molar-refractivity contribution in [3.8, 4) is 11.1 Å². The van der Waals surface area contributed by atoms with Crippen molar-refractivity contribution in [2.45, 2.75) is 38.3 Å². The smallest absolute Gasteiger partial charge is 0.0674 e. The maximum atomic E-state index is 4.63. The number of nitrogens with one attached hydrogen (secondary N) is 1.